The molecule has 0 bridgehead atoms. The molecule has 3 N–H and O–H groups in total. The maximum Gasteiger partial charge on any atom is 0.202 e. The zero-order valence-electron chi connectivity index (χ0n) is 14.3. The van der Waals surface area contributed by atoms with Crippen LogP contribution >= 0.6 is 0 Å². The number of hydroxylamine groups is 1. The number of nitrogens with one attached hydrogen (secondary N) is 2. The van der Waals surface area contributed by atoms with Gasteiger partial charge in [0.15, 0.2) is 11.5 Å². The van der Waals surface area contributed by atoms with Crippen LogP contribution in [0.5, 0.6) is 0 Å². The Labute approximate surface area is 145 Å². The summed E-state index contributed by atoms with van der Waals surface area (Å²) in [5.74, 6) is 0.280. The molecule has 0 radical (unpaired) electrons. The summed E-state index contributed by atoms with van der Waals surface area (Å²) < 4.78 is 18.2. The number of hydrogen-bond donors (Lipinski definition) is 3. The number of anilines is 1. The Balaban J connectivity index is 1.82. The van der Waals surface area contributed by atoms with Gasteiger partial charge in [-0.05, 0) is 52.8 Å². The summed E-state index contributed by atoms with van der Waals surface area (Å²) in [7, 11) is 0. The minimum atomic E-state index is -0.298. The Hall–Kier alpha value is -2.48. The quantitative estimate of drug-likeness (QED) is 0.404. The molecule has 25 heavy (non-hydrogen) atoms. The van der Waals surface area contributed by atoms with Gasteiger partial charge in [-0.15, -0.1) is 0 Å². The normalized spacial score (nSPS) is 17.6. The molecular formula is C17H22FN5O2. The third-order valence-corrected chi connectivity index (χ3v) is 4.45. The Morgan fingerprint density at radius 3 is 3.00 bits per heavy atom. The maximum absolute atomic E-state index is 13.4. The Morgan fingerprint density at radius 1 is 1.44 bits per heavy atom. The van der Waals surface area contributed by atoms with Crippen LogP contribution in [-0.4, -0.2) is 27.4 Å². The highest BCUT2D eigenvalue weighted by atomic mass is 19.1. The molecule has 7 nitrogen and oxygen atoms in total. The molecule has 0 fully saturated rings. The molecule has 1 aliphatic carbocycles. The van der Waals surface area contributed by atoms with Crippen molar-refractivity contribution in [3.8, 4) is 0 Å². The van der Waals surface area contributed by atoms with Gasteiger partial charge in [0.1, 0.15) is 5.82 Å². The van der Waals surface area contributed by atoms with Crippen molar-refractivity contribution in [3.63, 3.8) is 0 Å². The number of nitrogens with zero attached hydrogens (tertiary/aromatic N) is 3. The number of fused-ring (bicyclic) bond motifs is 1. The molecule has 134 valence electrons. The third kappa shape index (κ3) is 3.63. The number of halogens is 1. The Morgan fingerprint density at radius 2 is 2.28 bits per heavy atom. The first-order valence-electron chi connectivity index (χ1n) is 8.51. The molecule has 0 saturated heterocycles. The first-order valence-corrected chi connectivity index (χ1v) is 8.51. The summed E-state index contributed by atoms with van der Waals surface area (Å²) >= 11 is 0. The van der Waals surface area contributed by atoms with Crippen molar-refractivity contribution in [1.29, 1.82) is 0 Å². The lowest BCUT2D eigenvalue weighted by Crippen LogP contribution is -2.27. The molecule has 3 rings (SSSR count). The van der Waals surface area contributed by atoms with Gasteiger partial charge in [0, 0.05) is 6.04 Å². The second-order valence-corrected chi connectivity index (χ2v) is 6.15. The number of aliphatic imine (C=N–C) groups is 1. The van der Waals surface area contributed by atoms with Crippen molar-refractivity contribution in [2.75, 3.05) is 5.32 Å². The second-order valence-electron chi connectivity index (χ2n) is 6.15. The largest absolute Gasteiger partial charge is 0.363 e. The highest BCUT2D eigenvalue weighted by Gasteiger charge is 2.28. The van der Waals surface area contributed by atoms with Gasteiger partial charge in [-0.25, -0.2) is 9.02 Å². The molecule has 2 atom stereocenters. The molecular weight excluding hydrogens is 325 g/mol. The highest BCUT2D eigenvalue weighted by molar-refractivity contribution is 6.00. The molecule has 1 aromatic carbocycles. The van der Waals surface area contributed by atoms with E-state index in [0.29, 0.717) is 17.9 Å². The van der Waals surface area contributed by atoms with Crippen molar-refractivity contribution in [2.24, 2.45) is 4.99 Å². The molecule has 0 saturated carbocycles. The lowest BCUT2D eigenvalue weighted by Gasteiger charge is -2.27. The molecule has 8 heteroatoms. The van der Waals surface area contributed by atoms with E-state index in [9.17, 15) is 9.60 Å². The average molecular weight is 347 g/mol. The minimum absolute atomic E-state index is 0.148. The van der Waals surface area contributed by atoms with Crippen LogP contribution in [0.2, 0.25) is 0 Å². The predicted molar refractivity (Wildman–Crippen MR) is 91.2 cm³/mol. The molecule has 0 aliphatic heterocycles. The van der Waals surface area contributed by atoms with Gasteiger partial charge in [0.05, 0.1) is 6.04 Å². The van der Waals surface area contributed by atoms with E-state index in [1.54, 1.807) is 6.07 Å². The molecule has 1 aromatic heterocycles. The van der Waals surface area contributed by atoms with E-state index in [2.05, 4.69) is 40.0 Å². The lowest BCUT2D eigenvalue weighted by atomic mass is 9.83. The smallest absolute Gasteiger partial charge is 0.202 e. The van der Waals surface area contributed by atoms with E-state index in [1.807, 2.05) is 0 Å². The average Bonchev–Trinajstić information content (AvgIpc) is 3.05. The Bertz CT molecular complexity index is 761. The van der Waals surface area contributed by atoms with Crippen molar-refractivity contribution in [3.05, 3.63) is 40.8 Å². The summed E-state index contributed by atoms with van der Waals surface area (Å²) in [6, 6.07) is 4.66. The minimum Gasteiger partial charge on any atom is -0.363 e. The standard InChI is InChI=1S/C17H22FN5O2/c1-3-5-12(4-2)19-17-15(22-25-23-17)16(21-24)20-14-8-10-6-7-11(18)9-13(10)14/h6-7,9,12,14,24H,3-5,8H2,1-2H3,(H,19,23)(H,20,21)/t12?,14-/m0/s1. The van der Waals surface area contributed by atoms with Gasteiger partial charge in [-0.2, -0.15) is 0 Å². The summed E-state index contributed by atoms with van der Waals surface area (Å²) in [6.45, 7) is 4.20. The van der Waals surface area contributed by atoms with Crippen molar-refractivity contribution in [1.82, 2.24) is 15.8 Å². The molecule has 2 aromatic rings. The van der Waals surface area contributed by atoms with Crippen LogP contribution in [0.25, 0.3) is 0 Å². The monoisotopic (exact) mass is 347 g/mol. The van der Waals surface area contributed by atoms with Gasteiger partial charge in [0.25, 0.3) is 0 Å². The number of rotatable bonds is 7. The zero-order chi connectivity index (χ0) is 17.8. The van der Waals surface area contributed by atoms with Gasteiger partial charge < -0.3 is 5.32 Å². The van der Waals surface area contributed by atoms with Crippen LogP contribution in [0, 0.1) is 5.82 Å². The number of benzene rings is 1. The van der Waals surface area contributed by atoms with Crippen LogP contribution in [-0.2, 0) is 6.42 Å². The summed E-state index contributed by atoms with van der Waals surface area (Å²) in [5, 5.41) is 20.5. The van der Waals surface area contributed by atoms with Gasteiger partial charge in [-0.3, -0.25) is 15.7 Å². The van der Waals surface area contributed by atoms with Crippen LogP contribution in [0.1, 0.15) is 56.0 Å². The summed E-state index contributed by atoms with van der Waals surface area (Å²) in [6.07, 6.45) is 3.63. The highest BCUT2D eigenvalue weighted by Crippen LogP contribution is 2.36. The molecule has 0 spiro atoms. The number of hydrogen-bond acceptors (Lipinski definition) is 6. The first kappa shape index (κ1) is 17.3. The van der Waals surface area contributed by atoms with Gasteiger partial charge in [0.2, 0.25) is 5.82 Å². The van der Waals surface area contributed by atoms with Crippen molar-refractivity contribution in [2.45, 2.75) is 51.6 Å². The third-order valence-electron chi connectivity index (χ3n) is 4.45. The summed E-state index contributed by atoms with van der Waals surface area (Å²) in [4.78, 5) is 4.45. The fraction of sp³-hybridized carbons (Fsp3) is 0.471. The molecule has 1 unspecified atom stereocenters. The van der Waals surface area contributed by atoms with Crippen LogP contribution < -0.4 is 10.8 Å². The fourth-order valence-corrected chi connectivity index (χ4v) is 3.02. The van der Waals surface area contributed by atoms with Crippen molar-refractivity contribution >= 4 is 11.7 Å². The summed E-state index contributed by atoms with van der Waals surface area (Å²) in [5.41, 5.74) is 4.24. The van der Waals surface area contributed by atoms with E-state index in [4.69, 9.17) is 4.63 Å². The first-order chi connectivity index (χ1) is 12.2. The van der Waals surface area contributed by atoms with Gasteiger partial charge >= 0.3 is 0 Å². The van der Waals surface area contributed by atoms with E-state index in [0.717, 1.165) is 30.4 Å². The van der Waals surface area contributed by atoms with Gasteiger partial charge in [-0.1, -0.05) is 26.3 Å². The topological polar surface area (TPSA) is 95.6 Å². The number of aromatic nitrogens is 2. The van der Waals surface area contributed by atoms with E-state index < -0.39 is 0 Å². The predicted octanol–water partition coefficient (Wildman–Crippen LogP) is 3.22. The molecule has 0 amide bonds. The molecule has 1 aliphatic rings. The van der Waals surface area contributed by atoms with Crippen LogP contribution in [0.4, 0.5) is 10.2 Å². The number of amidine groups is 1. The second kappa shape index (κ2) is 7.60. The van der Waals surface area contributed by atoms with Crippen LogP contribution in [0.3, 0.4) is 0 Å². The SMILES string of the molecule is CCCC(CC)Nc1nonc1C(=N[C@H]1Cc2ccc(F)cc21)NO. The molecule has 1 heterocycles. The fourth-order valence-electron chi connectivity index (χ4n) is 3.02. The van der Waals surface area contributed by atoms with E-state index >= 15 is 0 Å². The van der Waals surface area contributed by atoms with Crippen molar-refractivity contribution < 1.29 is 14.2 Å². The lowest BCUT2D eigenvalue weighted by molar-refractivity contribution is 0.232. The maximum atomic E-state index is 13.4. The van der Waals surface area contributed by atoms with E-state index in [-0.39, 0.29) is 23.7 Å². The van der Waals surface area contributed by atoms with E-state index in [1.165, 1.54) is 12.1 Å². The zero-order valence-corrected chi connectivity index (χ0v) is 14.3. The van der Waals surface area contributed by atoms with Crippen LogP contribution in [0.15, 0.2) is 27.8 Å². The Kier molecular flexibility index (Phi) is 5.28.